The summed E-state index contributed by atoms with van der Waals surface area (Å²) in [7, 11) is 1.69. The fraction of sp³-hybridized carbons (Fsp3) is 0.647. The second-order valence-corrected chi connectivity index (χ2v) is 5.45. The molecule has 1 heterocycles. The van der Waals surface area contributed by atoms with Gasteiger partial charge in [0.15, 0.2) is 11.5 Å². The molecule has 4 nitrogen and oxygen atoms in total. The fourth-order valence-electron chi connectivity index (χ4n) is 2.45. The zero-order chi connectivity index (χ0) is 14.9. The minimum absolute atomic E-state index is 0.378. The van der Waals surface area contributed by atoms with Gasteiger partial charge in [-0.3, -0.25) is 0 Å². The number of unbranched alkanes of at least 4 members (excludes halogenated alkanes) is 1. The van der Waals surface area contributed by atoms with Crippen molar-refractivity contribution in [3.05, 3.63) is 23.8 Å². The van der Waals surface area contributed by atoms with E-state index in [-0.39, 0.29) is 0 Å². The molecule has 1 saturated heterocycles. The van der Waals surface area contributed by atoms with E-state index in [1.165, 1.54) is 18.4 Å². The molecule has 0 aromatic heterocycles. The van der Waals surface area contributed by atoms with Crippen molar-refractivity contribution in [3.8, 4) is 11.5 Å². The highest BCUT2D eigenvalue weighted by atomic mass is 16.5. The van der Waals surface area contributed by atoms with Gasteiger partial charge in [0.25, 0.3) is 0 Å². The molecular formula is C17H27NO3. The molecule has 0 amide bonds. The van der Waals surface area contributed by atoms with Gasteiger partial charge in [0, 0.05) is 19.7 Å². The first kappa shape index (κ1) is 16.1. The minimum Gasteiger partial charge on any atom is -0.493 e. The van der Waals surface area contributed by atoms with E-state index < -0.39 is 0 Å². The number of nitrogens with one attached hydrogen (secondary N) is 1. The largest absolute Gasteiger partial charge is 0.493 e. The maximum Gasteiger partial charge on any atom is 0.161 e. The van der Waals surface area contributed by atoms with Crippen LogP contribution in [0.1, 0.15) is 38.2 Å². The quantitative estimate of drug-likeness (QED) is 0.710. The van der Waals surface area contributed by atoms with Crippen LogP contribution in [0.25, 0.3) is 0 Å². The zero-order valence-electron chi connectivity index (χ0n) is 13.2. The highest BCUT2D eigenvalue weighted by Crippen LogP contribution is 2.28. The van der Waals surface area contributed by atoms with Crippen LogP contribution in [0.15, 0.2) is 18.2 Å². The van der Waals surface area contributed by atoms with Crippen molar-refractivity contribution in [2.75, 3.05) is 26.9 Å². The number of rotatable bonds is 9. The average molecular weight is 293 g/mol. The van der Waals surface area contributed by atoms with E-state index in [0.717, 1.165) is 50.6 Å². The van der Waals surface area contributed by atoms with Crippen molar-refractivity contribution in [1.29, 1.82) is 0 Å². The Bertz CT molecular complexity index is 416. The Balaban J connectivity index is 1.82. The topological polar surface area (TPSA) is 39.7 Å². The van der Waals surface area contributed by atoms with Gasteiger partial charge in [-0.25, -0.2) is 0 Å². The summed E-state index contributed by atoms with van der Waals surface area (Å²) in [4.78, 5) is 0. The average Bonchev–Trinajstić information content (AvgIpc) is 3.02. The standard InChI is InChI=1S/C17H27NO3/c1-3-4-9-21-16-8-7-14(11-17(16)19-2)12-18-13-15-6-5-10-20-15/h7-8,11,15,18H,3-6,9-10,12-13H2,1-2H3/t15-/m0/s1. The normalized spacial score (nSPS) is 17.9. The van der Waals surface area contributed by atoms with Crippen LogP contribution in [-0.4, -0.2) is 33.0 Å². The molecule has 1 N–H and O–H groups in total. The second kappa shape index (κ2) is 8.90. The van der Waals surface area contributed by atoms with Crippen molar-refractivity contribution in [3.63, 3.8) is 0 Å². The lowest BCUT2D eigenvalue weighted by atomic mass is 10.2. The Hall–Kier alpha value is -1.26. The summed E-state index contributed by atoms with van der Waals surface area (Å²) in [6.07, 6.45) is 4.93. The molecule has 2 rings (SSSR count). The summed E-state index contributed by atoms with van der Waals surface area (Å²) in [6.45, 7) is 5.54. The molecule has 1 aliphatic rings. The summed E-state index contributed by atoms with van der Waals surface area (Å²) in [5.74, 6) is 1.64. The van der Waals surface area contributed by atoms with Crippen molar-refractivity contribution >= 4 is 0 Å². The van der Waals surface area contributed by atoms with Crippen LogP contribution in [-0.2, 0) is 11.3 Å². The third kappa shape index (κ3) is 5.21. The molecule has 4 heteroatoms. The van der Waals surface area contributed by atoms with E-state index in [0.29, 0.717) is 6.10 Å². The third-order valence-corrected chi connectivity index (χ3v) is 3.71. The van der Waals surface area contributed by atoms with Gasteiger partial charge in [0.2, 0.25) is 0 Å². The SMILES string of the molecule is CCCCOc1ccc(CNC[C@@H]2CCCO2)cc1OC. The summed E-state index contributed by atoms with van der Waals surface area (Å²) >= 11 is 0. The van der Waals surface area contributed by atoms with Crippen LogP contribution in [0.2, 0.25) is 0 Å². The van der Waals surface area contributed by atoms with E-state index in [2.05, 4.69) is 18.3 Å². The maximum atomic E-state index is 5.74. The molecule has 1 aromatic rings. The number of hydrogen-bond donors (Lipinski definition) is 1. The van der Waals surface area contributed by atoms with Gasteiger partial charge in [0.05, 0.1) is 19.8 Å². The van der Waals surface area contributed by atoms with Gasteiger partial charge >= 0.3 is 0 Å². The first-order valence-electron chi connectivity index (χ1n) is 7.95. The van der Waals surface area contributed by atoms with Gasteiger partial charge in [-0.15, -0.1) is 0 Å². The molecular weight excluding hydrogens is 266 g/mol. The molecule has 0 bridgehead atoms. The van der Waals surface area contributed by atoms with Crippen molar-refractivity contribution in [2.45, 2.75) is 45.3 Å². The summed E-state index contributed by atoms with van der Waals surface area (Å²) in [5, 5.41) is 3.45. The first-order chi connectivity index (χ1) is 10.3. The van der Waals surface area contributed by atoms with Crippen LogP contribution >= 0.6 is 0 Å². The zero-order valence-corrected chi connectivity index (χ0v) is 13.2. The number of benzene rings is 1. The summed E-state index contributed by atoms with van der Waals surface area (Å²) < 4.78 is 16.8. The smallest absolute Gasteiger partial charge is 0.161 e. The lowest BCUT2D eigenvalue weighted by Crippen LogP contribution is -2.25. The molecule has 1 aliphatic heterocycles. The Labute approximate surface area is 127 Å². The van der Waals surface area contributed by atoms with Crippen LogP contribution in [0.4, 0.5) is 0 Å². The first-order valence-corrected chi connectivity index (χ1v) is 7.95. The van der Waals surface area contributed by atoms with E-state index in [1.807, 2.05) is 12.1 Å². The van der Waals surface area contributed by atoms with Gasteiger partial charge in [-0.2, -0.15) is 0 Å². The molecule has 0 spiro atoms. The predicted molar refractivity (Wildman–Crippen MR) is 84.1 cm³/mol. The molecule has 0 radical (unpaired) electrons. The molecule has 0 unspecified atom stereocenters. The number of ether oxygens (including phenoxy) is 3. The molecule has 1 atom stereocenters. The van der Waals surface area contributed by atoms with Crippen LogP contribution < -0.4 is 14.8 Å². The second-order valence-electron chi connectivity index (χ2n) is 5.45. The van der Waals surface area contributed by atoms with Crippen molar-refractivity contribution in [2.24, 2.45) is 0 Å². The Morgan fingerprint density at radius 3 is 2.95 bits per heavy atom. The van der Waals surface area contributed by atoms with Crippen LogP contribution in [0, 0.1) is 0 Å². The Morgan fingerprint density at radius 2 is 2.24 bits per heavy atom. The molecule has 118 valence electrons. The molecule has 0 aliphatic carbocycles. The molecule has 1 aromatic carbocycles. The number of hydrogen-bond acceptors (Lipinski definition) is 4. The van der Waals surface area contributed by atoms with Crippen molar-refractivity contribution in [1.82, 2.24) is 5.32 Å². The third-order valence-electron chi connectivity index (χ3n) is 3.71. The monoisotopic (exact) mass is 293 g/mol. The van der Waals surface area contributed by atoms with Gasteiger partial charge in [-0.1, -0.05) is 19.4 Å². The minimum atomic E-state index is 0.378. The molecule has 0 saturated carbocycles. The lowest BCUT2D eigenvalue weighted by Gasteiger charge is -2.13. The predicted octanol–water partition coefficient (Wildman–Crippen LogP) is 3.14. The van der Waals surface area contributed by atoms with E-state index in [9.17, 15) is 0 Å². The van der Waals surface area contributed by atoms with Gasteiger partial charge < -0.3 is 19.5 Å². The van der Waals surface area contributed by atoms with Crippen LogP contribution in [0.3, 0.4) is 0 Å². The fourth-order valence-corrected chi connectivity index (χ4v) is 2.45. The lowest BCUT2D eigenvalue weighted by molar-refractivity contribution is 0.110. The Kier molecular flexibility index (Phi) is 6.83. The number of methoxy groups -OCH3 is 1. The van der Waals surface area contributed by atoms with E-state index >= 15 is 0 Å². The maximum absolute atomic E-state index is 5.74. The van der Waals surface area contributed by atoms with Gasteiger partial charge in [-0.05, 0) is 37.0 Å². The summed E-state index contributed by atoms with van der Waals surface area (Å²) in [5.41, 5.74) is 1.20. The van der Waals surface area contributed by atoms with E-state index in [1.54, 1.807) is 7.11 Å². The highest BCUT2D eigenvalue weighted by Gasteiger charge is 2.14. The van der Waals surface area contributed by atoms with Crippen molar-refractivity contribution < 1.29 is 14.2 Å². The van der Waals surface area contributed by atoms with Crippen LogP contribution in [0.5, 0.6) is 11.5 Å². The summed E-state index contributed by atoms with van der Waals surface area (Å²) in [6, 6.07) is 6.13. The molecule has 1 fully saturated rings. The highest BCUT2D eigenvalue weighted by molar-refractivity contribution is 5.42. The Morgan fingerprint density at radius 1 is 1.33 bits per heavy atom. The van der Waals surface area contributed by atoms with Gasteiger partial charge in [0.1, 0.15) is 0 Å². The van der Waals surface area contributed by atoms with E-state index in [4.69, 9.17) is 14.2 Å². The molecule has 21 heavy (non-hydrogen) atoms.